The number of hydrogen-bond donors (Lipinski definition) is 2. The summed E-state index contributed by atoms with van der Waals surface area (Å²) in [6, 6.07) is 19.6. The number of nitrogens with zero attached hydrogens (tertiary/aromatic N) is 1. The maximum atomic E-state index is 13.9. The molecule has 0 saturated carbocycles. The molecule has 7 nitrogen and oxygen atoms in total. The number of aryl methyl sites for hydroxylation is 1. The Morgan fingerprint density at radius 3 is 2.15 bits per heavy atom. The molecule has 3 aromatic rings. The molecule has 3 amide bonds. The summed E-state index contributed by atoms with van der Waals surface area (Å²) >= 11 is 0. The second kappa shape index (κ2) is 12.8. The van der Waals surface area contributed by atoms with Crippen molar-refractivity contribution in [2.75, 3.05) is 12.4 Å². The third-order valence-corrected chi connectivity index (χ3v) is 6.86. The Kier molecular flexibility index (Phi) is 9.73. The van der Waals surface area contributed by atoms with Gasteiger partial charge in [-0.2, -0.15) is 0 Å². The lowest BCUT2D eigenvalue weighted by Gasteiger charge is -2.33. The van der Waals surface area contributed by atoms with Crippen molar-refractivity contribution in [3.8, 4) is 0 Å². The van der Waals surface area contributed by atoms with Gasteiger partial charge in [0.2, 0.25) is 5.91 Å². The molecular formula is C32H41N3O4. The molecule has 0 spiro atoms. The van der Waals surface area contributed by atoms with Gasteiger partial charge in [0.25, 0.3) is 5.91 Å². The number of carbonyl (C=O) groups excluding carboxylic acids is 3. The topological polar surface area (TPSA) is 87.7 Å². The van der Waals surface area contributed by atoms with Crippen LogP contribution in [0.4, 0.5) is 10.5 Å². The third-order valence-electron chi connectivity index (χ3n) is 6.86. The molecule has 0 radical (unpaired) electrons. The lowest BCUT2D eigenvalue weighted by molar-refractivity contribution is -0.140. The van der Waals surface area contributed by atoms with Gasteiger partial charge in [-0.15, -0.1) is 0 Å². The van der Waals surface area contributed by atoms with Crippen LogP contribution in [0.15, 0.2) is 66.7 Å². The zero-order valence-electron chi connectivity index (χ0n) is 24.1. The fourth-order valence-corrected chi connectivity index (χ4v) is 4.43. The van der Waals surface area contributed by atoms with E-state index >= 15 is 0 Å². The molecule has 7 heteroatoms. The fraction of sp³-hybridized carbons (Fsp3) is 0.406. The molecule has 3 atom stereocenters. The highest BCUT2D eigenvalue weighted by molar-refractivity contribution is 6.00. The average Bonchev–Trinajstić information content (AvgIpc) is 2.90. The monoisotopic (exact) mass is 531 g/mol. The van der Waals surface area contributed by atoms with Gasteiger partial charge in [-0.3, -0.25) is 9.59 Å². The lowest BCUT2D eigenvalue weighted by Crippen LogP contribution is -2.53. The summed E-state index contributed by atoms with van der Waals surface area (Å²) in [7, 11) is 1.60. The average molecular weight is 532 g/mol. The quantitative estimate of drug-likeness (QED) is 0.331. The molecule has 39 heavy (non-hydrogen) atoms. The van der Waals surface area contributed by atoms with Crippen LogP contribution in [-0.2, 0) is 20.7 Å². The molecular weight excluding hydrogens is 490 g/mol. The van der Waals surface area contributed by atoms with E-state index in [-0.39, 0.29) is 17.7 Å². The van der Waals surface area contributed by atoms with Gasteiger partial charge in [0.15, 0.2) is 0 Å². The van der Waals surface area contributed by atoms with E-state index < -0.39 is 23.8 Å². The number of benzene rings is 3. The largest absolute Gasteiger partial charge is 0.444 e. The number of alkyl carbamates (subject to hydrolysis) is 1. The third kappa shape index (κ3) is 7.82. The molecule has 0 bridgehead atoms. The fourth-order valence-electron chi connectivity index (χ4n) is 4.43. The van der Waals surface area contributed by atoms with Crippen molar-refractivity contribution in [1.29, 1.82) is 0 Å². The first kappa shape index (κ1) is 29.7. The number of carbonyl (C=O) groups is 3. The Labute approximate surface area is 231 Å². The van der Waals surface area contributed by atoms with Gasteiger partial charge in [0.1, 0.15) is 17.7 Å². The minimum absolute atomic E-state index is 0.181. The van der Waals surface area contributed by atoms with Crippen molar-refractivity contribution in [2.24, 2.45) is 5.92 Å². The normalized spacial score (nSPS) is 13.7. The lowest BCUT2D eigenvalue weighted by atomic mass is 9.96. The van der Waals surface area contributed by atoms with Gasteiger partial charge in [-0.25, -0.2) is 4.79 Å². The van der Waals surface area contributed by atoms with Crippen LogP contribution in [0.2, 0.25) is 0 Å². The van der Waals surface area contributed by atoms with Crippen molar-refractivity contribution in [3.63, 3.8) is 0 Å². The van der Waals surface area contributed by atoms with Gasteiger partial charge in [-0.05, 0) is 67.1 Å². The molecule has 0 aliphatic rings. The van der Waals surface area contributed by atoms with E-state index in [1.54, 1.807) is 27.8 Å². The molecule has 0 aliphatic carbocycles. The van der Waals surface area contributed by atoms with Crippen LogP contribution in [0.1, 0.15) is 65.1 Å². The maximum absolute atomic E-state index is 13.9. The highest BCUT2D eigenvalue weighted by atomic mass is 16.6. The summed E-state index contributed by atoms with van der Waals surface area (Å²) < 4.78 is 5.42. The molecule has 3 rings (SSSR count). The van der Waals surface area contributed by atoms with E-state index in [9.17, 15) is 14.4 Å². The first-order valence-corrected chi connectivity index (χ1v) is 13.6. The van der Waals surface area contributed by atoms with Crippen LogP contribution in [0.5, 0.6) is 0 Å². The van der Waals surface area contributed by atoms with Gasteiger partial charge >= 0.3 is 6.09 Å². The molecule has 2 N–H and O–H groups in total. The number of ether oxygens (including phenoxy) is 1. The van der Waals surface area contributed by atoms with Crippen molar-refractivity contribution in [2.45, 2.75) is 72.1 Å². The van der Waals surface area contributed by atoms with Crippen molar-refractivity contribution < 1.29 is 19.1 Å². The van der Waals surface area contributed by atoms with Gasteiger partial charge in [-0.1, -0.05) is 81.8 Å². The summed E-state index contributed by atoms with van der Waals surface area (Å²) in [4.78, 5) is 41.7. The van der Waals surface area contributed by atoms with E-state index in [0.29, 0.717) is 17.7 Å². The number of likely N-dealkylation sites (N-methyl/N-ethyl adjacent to an activating group) is 1. The van der Waals surface area contributed by atoms with Crippen LogP contribution < -0.4 is 10.6 Å². The summed E-state index contributed by atoms with van der Waals surface area (Å²) in [6.45, 7) is 11.2. The van der Waals surface area contributed by atoms with E-state index in [2.05, 4.69) is 17.6 Å². The summed E-state index contributed by atoms with van der Waals surface area (Å²) in [5.41, 5.74) is 1.74. The molecule has 0 aliphatic heterocycles. The van der Waals surface area contributed by atoms with Crippen LogP contribution >= 0.6 is 0 Å². The van der Waals surface area contributed by atoms with Crippen LogP contribution in [-0.4, -0.2) is 41.5 Å². The van der Waals surface area contributed by atoms with Crippen molar-refractivity contribution >= 4 is 34.4 Å². The summed E-state index contributed by atoms with van der Waals surface area (Å²) in [6.07, 6.45) is 0.844. The minimum atomic E-state index is -0.915. The maximum Gasteiger partial charge on any atom is 0.408 e. The van der Waals surface area contributed by atoms with E-state index in [1.807, 2.05) is 80.6 Å². The van der Waals surface area contributed by atoms with Crippen molar-refractivity contribution in [3.05, 3.63) is 77.9 Å². The van der Waals surface area contributed by atoms with Crippen LogP contribution in [0.3, 0.4) is 0 Å². The number of fused-ring (bicyclic) bond motifs is 1. The highest BCUT2D eigenvalue weighted by Crippen LogP contribution is 2.26. The first-order chi connectivity index (χ1) is 18.4. The highest BCUT2D eigenvalue weighted by Gasteiger charge is 2.36. The van der Waals surface area contributed by atoms with Gasteiger partial charge in [0, 0.05) is 12.7 Å². The van der Waals surface area contributed by atoms with Gasteiger partial charge in [0.05, 0.1) is 0 Å². The second-order valence-corrected chi connectivity index (χ2v) is 11.0. The molecule has 3 unspecified atom stereocenters. The number of anilines is 1. The number of amides is 3. The summed E-state index contributed by atoms with van der Waals surface area (Å²) in [5, 5.41) is 7.83. The SMILES string of the molecule is CCc1ccc(C(C(=O)Nc2ccc3ccccc3c2)N(C)C(=O)C(NC(=O)OC(C)(C)C)C(C)CC)cc1. The second-order valence-electron chi connectivity index (χ2n) is 11.0. The number of rotatable bonds is 9. The van der Waals surface area contributed by atoms with E-state index in [0.717, 1.165) is 22.8 Å². The minimum Gasteiger partial charge on any atom is -0.444 e. The Morgan fingerprint density at radius 2 is 1.56 bits per heavy atom. The Hall–Kier alpha value is -3.87. The predicted octanol–water partition coefficient (Wildman–Crippen LogP) is 6.48. The summed E-state index contributed by atoms with van der Waals surface area (Å²) in [5.74, 6) is -0.891. The molecule has 208 valence electrons. The van der Waals surface area contributed by atoms with E-state index in [4.69, 9.17) is 4.74 Å². The predicted molar refractivity (Wildman–Crippen MR) is 157 cm³/mol. The molecule has 3 aromatic carbocycles. The standard InChI is InChI=1S/C32H41N3O4/c1-8-21(3)27(34-31(38)39-32(4,5)6)30(37)35(7)28(24-16-14-22(9-2)15-17-24)29(36)33-26-19-18-23-12-10-11-13-25(23)20-26/h10-21,27-28H,8-9H2,1-7H3,(H,33,36)(H,34,38). The molecule has 0 saturated heterocycles. The van der Waals surface area contributed by atoms with E-state index in [1.165, 1.54) is 4.90 Å². The Balaban J connectivity index is 1.94. The molecule has 0 heterocycles. The zero-order chi connectivity index (χ0) is 28.7. The Morgan fingerprint density at radius 1 is 0.923 bits per heavy atom. The number of hydrogen-bond acceptors (Lipinski definition) is 4. The zero-order valence-corrected chi connectivity index (χ0v) is 24.1. The Bertz CT molecular complexity index is 1300. The van der Waals surface area contributed by atoms with Crippen LogP contribution in [0.25, 0.3) is 10.8 Å². The van der Waals surface area contributed by atoms with Crippen LogP contribution in [0, 0.1) is 5.92 Å². The molecule has 0 fully saturated rings. The number of nitrogens with one attached hydrogen (secondary N) is 2. The van der Waals surface area contributed by atoms with Gasteiger partial charge < -0.3 is 20.3 Å². The molecule has 0 aromatic heterocycles. The first-order valence-electron chi connectivity index (χ1n) is 13.6. The smallest absolute Gasteiger partial charge is 0.408 e. The van der Waals surface area contributed by atoms with Crippen molar-refractivity contribution in [1.82, 2.24) is 10.2 Å².